The normalized spacial score (nSPS) is 30.5. The fourth-order valence-corrected chi connectivity index (χ4v) is 2.50. The second-order valence-electron chi connectivity index (χ2n) is 5.93. The lowest BCUT2D eigenvalue weighted by atomic mass is 9.73. The molecule has 1 aliphatic rings. The molecule has 0 amide bonds. The Kier molecular flexibility index (Phi) is 4.54. The largest absolute Gasteiger partial charge is 0.390 e. The van der Waals surface area contributed by atoms with Crippen LogP contribution in [0.4, 0.5) is 0 Å². The molecule has 0 aliphatic heterocycles. The SMILES string of the molecule is CCC1CCC(=O)C(CC(C)(O)C(C)C)C1. The molecule has 2 nitrogen and oxygen atoms in total. The van der Waals surface area contributed by atoms with Crippen LogP contribution in [0, 0.1) is 17.8 Å². The van der Waals surface area contributed by atoms with E-state index in [1.54, 1.807) is 0 Å². The highest BCUT2D eigenvalue weighted by molar-refractivity contribution is 5.81. The quantitative estimate of drug-likeness (QED) is 0.799. The van der Waals surface area contributed by atoms with Crippen LogP contribution >= 0.6 is 0 Å². The number of aliphatic hydroxyl groups is 1. The Bertz CT molecular complexity index is 243. The van der Waals surface area contributed by atoms with Crippen molar-refractivity contribution in [2.75, 3.05) is 0 Å². The second kappa shape index (κ2) is 5.31. The van der Waals surface area contributed by atoms with Crippen molar-refractivity contribution in [2.24, 2.45) is 17.8 Å². The Hall–Kier alpha value is -0.370. The van der Waals surface area contributed by atoms with Crippen LogP contribution in [0.3, 0.4) is 0 Å². The molecule has 3 atom stereocenters. The lowest BCUT2D eigenvalue weighted by Crippen LogP contribution is -2.37. The molecule has 3 unspecified atom stereocenters. The van der Waals surface area contributed by atoms with Gasteiger partial charge in [-0.2, -0.15) is 0 Å². The molecule has 16 heavy (non-hydrogen) atoms. The van der Waals surface area contributed by atoms with Gasteiger partial charge < -0.3 is 5.11 Å². The first kappa shape index (κ1) is 13.7. The molecule has 1 fully saturated rings. The summed E-state index contributed by atoms with van der Waals surface area (Å²) in [6.07, 6.45) is 4.55. The molecular formula is C14H26O2. The first-order valence-corrected chi connectivity index (χ1v) is 6.62. The van der Waals surface area contributed by atoms with Crippen molar-refractivity contribution in [1.82, 2.24) is 0 Å². The van der Waals surface area contributed by atoms with Gasteiger partial charge in [-0.05, 0) is 38.0 Å². The number of hydrogen-bond donors (Lipinski definition) is 1. The molecule has 1 saturated carbocycles. The molecule has 94 valence electrons. The molecule has 0 aromatic rings. The van der Waals surface area contributed by atoms with E-state index in [1.165, 1.54) is 0 Å². The summed E-state index contributed by atoms with van der Waals surface area (Å²) in [6.45, 7) is 8.09. The maximum atomic E-state index is 11.8. The van der Waals surface area contributed by atoms with Gasteiger partial charge in [0.15, 0.2) is 0 Å². The van der Waals surface area contributed by atoms with Gasteiger partial charge in [-0.15, -0.1) is 0 Å². The van der Waals surface area contributed by atoms with Crippen molar-refractivity contribution in [1.29, 1.82) is 0 Å². The summed E-state index contributed by atoms with van der Waals surface area (Å²) in [5.41, 5.74) is -0.698. The van der Waals surface area contributed by atoms with Crippen LogP contribution in [0.25, 0.3) is 0 Å². The maximum absolute atomic E-state index is 11.8. The van der Waals surface area contributed by atoms with Crippen molar-refractivity contribution in [3.8, 4) is 0 Å². The minimum absolute atomic E-state index is 0.0936. The van der Waals surface area contributed by atoms with Crippen molar-refractivity contribution in [2.45, 2.75) is 65.4 Å². The topological polar surface area (TPSA) is 37.3 Å². The maximum Gasteiger partial charge on any atom is 0.136 e. The van der Waals surface area contributed by atoms with E-state index in [9.17, 15) is 9.90 Å². The number of carbonyl (C=O) groups excluding carboxylic acids is 1. The summed E-state index contributed by atoms with van der Waals surface area (Å²) in [5, 5.41) is 10.3. The number of carbonyl (C=O) groups is 1. The molecule has 0 aromatic carbocycles. The first-order chi connectivity index (χ1) is 7.36. The Labute approximate surface area is 99.4 Å². The predicted octanol–water partition coefficient (Wildman–Crippen LogP) is 3.18. The summed E-state index contributed by atoms with van der Waals surface area (Å²) in [6, 6.07) is 0. The van der Waals surface area contributed by atoms with E-state index in [2.05, 4.69) is 6.92 Å². The highest BCUT2D eigenvalue weighted by Crippen LogP contribution is 2.35. The molecule has 1 aliphatic carbocycles. The Morgan fingerprint density at radius 2 is 2.12 bits per heavy atom. The molecule has 0 heterocycles. The highest BCUT2D eigenvalue weighted by Gasteiger charge is 2.35. The smallest absolute Gasteiger partial charge is 0.136 e. The highest BCUT2D eigenvalue weighted by atomic mass is 16.3. The average Bonchev–Trinajstić information content (AvgIpc) is 2.21. The van der Waals surface area contributed by atoms with Crippen molar-refractivity contribution < 1.29 is 9.90 Å². The molecule has 0 saturated heterocycles. The second-order valence-corrected chi connectivity index (χ2v) is 5.93. The van der Waals surface area contributed by atoms with Crippen LogP contribution in [0.1, 0.15) is 59.8 Å². The van der Waals surface area contributed by atoms with Crippen LogP contribution < -0.4 is 0 Å². The Morgan fingerprint density at radius 3 is 2.62 bits per heavy atom. The summed E-state index contributed by atoms with van der Waals surface area (Å²) >= 11 is 0. The van der Waals surface area contributed by atoms with Crippen LogP contribution in [-0.4, -0.2) is 16.5 Å². The summed E-state index contributed by atoms with van der Waals surface area (Å²) in [5.74, 6) is 1.36. The van der Waals surface area contributed by atoms with Gasteiger partial charge >= 0.3 is 0 Å². The Morgan fingerprint density at radius 1 is 1.50 bits per heavy atom. The summed E-state index contributed by atoms with van der Waals surface area (Å²) in [4.78, 5) is 11.8. The predicted molar refractivity (Wildman–Crippen MR) is 66.2 cm³/mol. The van der Waals surface area contributed by atoms with Crippen LogP contribution in [0.15, 0.2) is 0 Å². The zero-order valence-electron chi connectivity index (χ0n) is 11.1. The van der Waals surface area contributed by atoms with Crippen LogP contribution in [-0.2, 0) is 4.79 Å². The van der Waals surface area contributed by atoms with Crippen LogP contribution in [0.5, 0.6) is 0 Å². The number of hydrogen-bond acceptors (Lipinski definition) is 2. The van der Waals surface area contributed by atoms with E-state index in [4.69, 9.17) is 0 Å². The standard InChI is InChI=1S/C14H26O2/c1-5-11-6-7-13(15)12(8-11)9-14(4,16)10(2)3/h10-12,16H,5-9H2,1-4H3. The number of ketones is 1. The zero-order valence-corrected chi connectivity index (χ0v) is 11.1. The van der Waals surface area contributed by atoms with Crippen molar-refractivity contribution >= 4 is 5.78 Å². The molecule has 1 rings (SSSR count). The number of rotatable bonds is 4. The van der Waals surface area contributed by atoms with Gasteiger partial charge in [0.1, 0.15) is 5.78 Å². The molecule has 0 radical (unpaired) electrons. The van der Waals surface area contributed by atoms with Crippen molar-refractivity contribution in [3.05, 3.63) is 0 Å². The fourth-order valence-electron chi connectivity index (χ4n) is 2.50. The summed E-state index contributed by atoms with van der Waals surface area (Å²) < 4.78 is 0. The van der Waals surface area contributed by atoms with Crippen LogP contribution in [0.2, 0.25) is 0 Å². The minimum atomic E-state index is -0.698. The van der Waals surface area contributed by atoms with E-state index in [-0.39, 0.29) is 11.8 Å². The monoisotopic (exact) mass is 226 g/mol. The average molecular weight is 226 g/mol. The van der Waals surface area contributed by atoms with Gasteiger partial charge in [0.25, 0.3) is 0 Å². The third-order valence-electron chi connectivity index (χ3n) is 4.35. The summed E-state index contributed by atoms with van der Waals surface area (Å²) in [7, 11) is 0. The van der Waals surface area contributed by atoms with E-state index in [0.29, 0.717) is 18.1 Å². The zero-order chi connectivity index (χ0) is 12.3. The van der Waals surface area contributed by atoms with Gasteiger partial charge in [-0.1, -0.05) is 27.2 Å². The third-order valence-corrected chi connectivity index (χ3v) is 4.35. The molecule has 1 N–H and O–H groups in total. The molecule has 0 bridgehead atoms. The lowest BCUT2D eigenvalue weighted by Gasteiger charge is -2.35. The van der Waals surface area contributed by atoms with Gasteiger partial charge in [-0.3, -0.25) is 4.79 Å². The van der Waals surface area contributed by atoms with E-state index >= 15 is 0 Å². The van der Waals surface area contributed by atoms with E-state index in [1.807, 2.05) is 20.8 Å². The third kappa shape index (κ3) is 3.31. The molecule has 0 aromatic heterocycles. The van der Waals surface area contributed by atoms with Gasteiger partial charge in [0, 0.05) is 12.3 Å². The van der Waals surface area contributed by atoms with Crippen molar-refractivity contribution in [3.63, 3.8) is 0 Å². The number of Topliss-reactive ketones (excluding diaryl/α,β-unsaturated/α-hetero) is 1. The molecular weight excluding hydrogens is 200 g/mol. The molecule has 0 spiro atoms. The van der Waals surface area contributed by atoms with Gasteiger partial charge in [-0.25, -0.2) is 0 Å². The lowest BCUT2D eigenvalue weighted by molar-refractivity contribution is -0.129. The fraction of sp³-hybridized carbons (Fsp3) is 0.929. The first-order valence-electron chi connectivity index (χ1n) is 6.62. The van der Waals surface area contributed by atoms with Gasteiger partial charge in [0.2, 0.25) is 0 Å². The van der Waals surface area contributed by atoms with Gasteiger partial charge in [0.05, 0.1) is 5.60 Å². The molecule has 2 heteroatoms. The van der Waals surface area contributed by atoms with E-state index in [0.717, 1.165) is 25.7 Å². The minimum Gasteiger partial charge on any atom is -0.390 e. The van der Waals surface area contributed by atoms with E-state index < -0.39 is 5.60 Å². The Balaban J connectivity index is 2.61.